The first kappa shape index (κ1) is 17.9. The lowest BCUT2D eigenvalue weighted by Gasteiger charge is -2.14. The summed E-state index contributed by atoms with van der Waals surface area (Å²) in [5.41, 5.74) is 0.697. The van der Waals surface area contributed by atoms with Gasteiger partial charge in [0.1, 0.15) is 5.75 Å². The van der Waals surface area contributed by atoms with Gasteiger partial charge in [-0.3, -0.25) is 19.7 Å². The van der Waals surface area contributed by atoms with Gasteiger partial charge in [0.05, 0.1) is 16.2 Å². The molecule has 8 nitrogen and oxygen atoms in total. The molecule has 2 aromatic rings. The van der Waals surface area contributed by atoms with Gasteiger partial charge < -0.3 is 15.0 Å². The number of ether oxygens (including phenoxy) is 1. The molecule has 0 bridgehead atoms. The molecule has 0 atom stereocenters. The lowest BCUT2D eigenvalue weighted by molar-refractivity contribution is -0.384. The molecule has 1 N–H and O–H groups in total. The number of nitrogens with one attached hydrogen (secondary N) is 1. The SMILES string of the molecule is CN(C)C(=O)c1ccccc1NC(=O)COc1ccc([N+](=O)[O-])cc1. The molecule has 2 rings (SSSR count). The van der Waals surface area contributed by atoms with Crippen LogP contribution in [0.15, 0.2) is 48.5 Å². The van der Waals surface area contributed by atoms with Gasteiger partial charge in [-0.1, -0.05) is 12.1 Å². The van der Waals surface area contributed by atoms with Crippen LogP contribution in [0, 0.1) is 10.1 Å². The summed E-state index contributed by atoms with van der Waals surface area (Å²) in [7, 11) is 3.25. The fourth-order valence-corrected chi connectivity index (χ4v) is 2.02. The molecule has 0 radical (unpaired) electrons. The smallest absolute Gasteiger partial charge is 0.269 e. The van der Waals surface area contributed by atoms with Crippen molar-refractivity contribution >= 4 is 23.2 Å². The van der Waals surface area contributed by atoms with E-state index >= 15 is 0 Å². The van der Waals surface area contributed by atoms with Crippen LogP contribution in [0.2, 0.25) is 0 Å². The number of rotatable bonds is 6. The fraction of sp³-hybridized carbons (Fsp3) is 0.176. The summed E-state index contributed by atoms with van der Waals surface area (Å²) in [6.45, 7) is -0.289. The molecule has 0 unspecified atom stereocenters. The maximum absolute atomic E-state index is 12.1. The van der Waals surface area contributed by atoms with E-state index in [1.165, 1.54) is 29.2 Å². The van der Waals surface area contributed by atoms with Gasteiger partial charge in [-0.05, 0) is 24.3 Å². The quantitative estimate of drug-likeness (QED) is 0.640. The van der Waals surface area contributed by atoms with E-state index in [2.05, 4.69) is 5.32 Å². The number of amides is 2. The van der Waals surface area contributed by atoms with E-state index in [1.54, 1.807) is 38.4 Å². The number of nitro benzene ring substituents is 1. The molecule has 0 heterocycles. The summed E-state index contributed by atoms with van der Waals surface area (Å²) < 4.78 is 5.29. The van der Waals surface area contributed by atoms with Crippen molar-refractivity contribution in [3.63, 3.8) is 0 Å². The summed E-state index contributed by atoms with van der Waals surface area (Å²) in [5, 5.41) is 13.2. The molecular formula is C17H17N3O5. The third-order valence-corrected chi connectivity index (χ3v) is 3.26. The summed E-state index contributed by atoms with van der Waals surface area (Å²) in [5.74, 6) is -0.344. The molecule has 2 amide bonds. The summed E-state index contributed by atoms with van der Waals surface area (Å²) >= 11 is 0. The Morgan fingerprint density at radius 2 is 1.76 bits per heavy atom. The van der Waals surface area contributed by atoms with Crippen molar-refractivity contribution in [3.8, 4) is 5.75 Å². The monoisotopic (exact) mass is 343 g/mol. The number of para-hydroxylation sites is 1. The van der Waals surface area contributed by atoms with Crippen molar-refractivity contribution in [2.45, 2.75) is 0 Å². The molecule has 0 aliphatic heterocycles. The van der Waals surface area contributed by atoms with Gasteiger partial charge in [0.2, 0.25) is 0 Å². The average Bonchev–Trinajstić information content (AvgIpc) is 2.60. The summed E-state index contributed by atoms with van der Waals surface area (Å²) in [6, 6.07) is 12.1. The molecule has 0 spiro atoms. The topological polar surface area (TPSA) is 102 Å². The van der Waals surface area contributed by atoms with Crippen LogP contribution in [-0.2, 0) is 4.79 Å². The Kier molecular flexibility index (Phi) is 5.67. The first-order chi connectivity index (χ1) is 11.9. The molecule has 0 fully saturated rings. The maximum Gasteiger partial charge on any atom is 0.269 e. The van der Waals surface area contributed by atoms with Gasteiger partial charge >= 0.3 is 0 Å². The summed E-state index contributed by atoms with van der Waals surface area (Å²) in [4.78, 5) is 35.6. The average molecular weight is 343 g/mol. The Morgan fingerprint density at radius 1 is 1.12 bits per heavy atom. The van der Waals surface area contributed by atoms with Crippen molar-refractivity contribution in [2.75, 3.05) is 26.0 Å². The lowest BCUT2D eigenvalue weighted by atomic mass is 10.1. The maximum atomic E-state index is 12.1. The lowest BCUT2D eigenvalue weighted by Crippen LogP contribution is -2.25. The van der Waals surface area contributed by atoms with Crippen LogP contribution in [0.25, 0.3) is 0 Å². The van der Waals surface area contributed by atoms with Crippen molar-refractivity contribution in [3.05, 3.63) is 64.2 Å². The van der Waals surface area contributed by atoms with Crippen molar-refractivity contribution in [1.29, 1.82) is 0 Å². The zero-order valence-corrected chi connectivity index (χ0v) is 13.8. The minimum absolute atomic E-state index is 0.0621. The molecule has 0 saturated carbocycles. The van der Waals surface area contributed by atoms with E-state index in [0.29, 0.717) is 17.0 Å². The highest BCUT2D eigenvalue weighted by molar-refractivity contribution is 6.03. The van der Waals surface area contributed by atoms with Gasteiger partial charge in [-0.25, -0.2) is 0 Å². The van der Waals surface area contributed by atoms with Crippen LogP contribution in [0.5, 0.6) is 5.75 Å². The van der Waals surface area contributed by atoms with E-state index in [-0.39, 0.29) is 18.2 Å². The van der Waals surface area contributed by atoms with Gasteiger partial charge in [-0.2, -0.15) is 0 Å². The third kappa shape index (κ3) is 4.77. The number of nitro groups is 1. The predicted octanol–water partition coefficient (Wildman–Crippen LogP) is 2.31. The van der Waals surface area contributed by atoms with Crippen molar-refractivity contribution in [1.82, 2.24) is 4.90 Å². The number of hydrogen-bond donors (Lipinski definition) is 1. The second-order valence-electron chi connectivity index (χ2n) is 5.33. The highest BCUT2D eigenvalue weighted by atomic mass is 16.6. The standard InChI is InChI=1S/C17H17N3O5/c1-19(2)17(22)14-5-3-4-6-15(14)18-16(21)11-25-13-9-7-12(8-10-13)20(23)24/h3-10H,11H2,1-2H3,(H,18,21). The molecule has 0 aromatic heterocycles. The Bertz CT molecular complexity index is 787. The second-order valence-corrected chi connectivity index (χ2v) is 5.33. The normalized spacial score (nSPS) is 10.0. The van der Waals surface area contributed by atoms with Crippen LogP contribution in [0.4, 0.5) is 11.4 Å². The predicted molar refractivity (Wildman–Crippen MR) is 91.7 cm³/mol. The van der Waals surface area contributed by atoms with Crippen LogP contribution in [0.3, 0.4) is 0 Å². The zero-order valence-electron chi connectivity index (χ0n) is 13.8. The second kappa shape index (κ2) is 7.91. The molecule has 130 valence electrons. The number of nitrogens with zero attached hydrogens (tertiary/aromatic N) is 2. The van der Waals surface area contributed by atoms with E-state index in [9.17, 15) is 19.7 Å². The van der Waals surface area contributed by atoms with Crippen LogP contribution < -0.4 is 10.1 Å². The fourth-order valence-electron chi connectivity index (χ4n) is 2.02. The molecule has 25 heavy (non-hydrogen) atoms. The Labute approximate surface area is 144 Å². The van der Waals surface area contributed by atoms with Gasteiger partial charge in [-0.15, -0.1) is 0 Å². The van der Waals surface area contributed by atoms with E-state index in [4.69, 9.17) is 4.74 Å². The van der Waals surface area contributed by atoms with Gasteiger partial charge in [0.15, 0.2) is 6.61 Å². The molecule has 0 aliphatic carbocycles. The number of anilines is 1. The highest BCUT2D eigenvalue weighted by Gasteiger charge is 2.15. The molecule has 0 aliphatic rings. The number of benzene rings is 2. The number of hydrogen-bond acceptors (Lipinski definition) is 5. The Morgan fingerprint density at radius 3 is 2.36 bits per heavy atom. The van der Waals surface area contributed by atoms with Crippen LogP contribution in [0.1, 0.15) is 10.4 Å². The Hall–Kier alpha value is -3.42. The number of carbonyl (C=O) groups is 2. The zero-order chi connectivity index (χ0) is 18.4. The molecule has 2 aromatic carbocycles. The molecule has 0 saturated heterocycles. The minimum atomic E-state index is -0.519. The van der Waals surface area contributed by atoms with E-state index in [0.717, 1.165) is 0 Å². The first-order valence-corrected chi connectivity index (χ1v) is 7.36. The van der Waals surface area contributed by atoms with E-state index < -0.39 is 10.8 Å². The number of non-ortho nitro benzene ring substituents is 1. The minimum Gasteiger partial charge on any atom is -0.484 e. The first-order valence-electron chi connectivity index (χ1n) is 7.36. The summed E-state index contributed by atoms with van der Waals surface area (Å²) in [6.07, 6.45) is 0. The van der Waals surface area contributed by atoms with Crippen LogP contribution >= 0.6 is 0 Å². The van der Waals surface area contributed by atoms with Crippen molar-refractivity contribution < 1.29 is 19.2 Å². The number of carbonyl (C=O) groups excluding carboxylic acids is 2. The van der Waals surface area contributed by atoms with Crippen molar-refractivity contribution in [2.24, 2.45) is 0 Å². The largest absolute Gasteiger partial charge is 0.484 e. The molecular weight excluding hydrogens is 326 g/mol. The van der Waals surface area contributed by atoms with Gasteiger partial charge in [0.25, 0.3) is 17.5 Å². The van der Waals surface area contributed by atoms with Crippen LogP contribution in [-0.4, -0.2) is 42.3 Å². The Balaban J connectivity index is 1.99. The molecule has 8 heteroatoms. The van der Waals surface area contributed by atoms with Gasteiger partial charge in [0, 0.05) is 26.2 Å². The third-order valence-electron chi connectivity index (χ3n) is 3.26. The highest BCUT2D eigenvalue weighted by Crippen LogP contribution is 2.18. The van der Waals surface area contributed by atoms with E-state index in [1.807, 2.05) is 0 Å².